The fourth-order valence-electron chi connectivity index (χ4n) is 2.41. The highest BCUT2D eigenvalue weighted by molar-refractivity contribution is 7.12. The molecule has 1 aromatic heterocycles. The first-order chi connectivity index (χ1) is 11.0. The van der Waals surface area contributed by atoms with Crippen LogP contribution in [0.5, 0.6) is 0 Å². The Morgan fingerprint density at radius 2 is 1.83 bits per heavy atom. The molecule has 24 heavy (non-hydrogen) atoms. The van der Waals surface area contributed by atoms with E-state index in [9.17, 15) is 18.0 Å². The number of carbonyl (C=O) groups excluding carboxylic acids is 1. The molecule has 1 atom stereocenters. The van der Waals surface area contributed by atoms with Crippen LogP contribution in [0.1, 0.15) is 47.6 Å². The molecule has 2 nitrogen and oxygen atoms in total. The van der Waals surface area contributed by atoms with E-state index in [4.69, 9.17) is 5.73 Å². The number of benzene rings is 1. The Kier molecular flexibility index (Phi) is 5.08. The van der Waals surface area contributed by atoms with Crippen LogP contribution in [0.3, 0.4) is 0 Å². The van der Waals surface area contributed by atoms with Crippen LogP contribution in [-0.2, 0) is 22.8 Å². The van der Waals surface area contributed by atoms with Crippen LogP contribution in [0.25, 0.3) is 0 Å². The van der Waals surface area contributed by atoms with Crippen LogP contribution in [0, 0.1) is 0 Å². The largest absolute Gasteiger partial charge is 0.416 e. The van der Waals surface area contributed by atoms with E-state index in [2.05, 4.69) is 20.8 Å². The maximum Gasteiger partial charge on any atom is 0.416 e. The smallest absolute Gasteiger partial charge is 0.369 e. The molecule has 0 bridgehead atoms. The molecule has 0 spiro atoms. The average molecular weight is 355 g/mol. The van der Waals surface area contributed by atoms with Crippen LogP contribution in [0.15, 0.2) is 36.4 Å². The van der Waals surface area contributed by atoms with Crippen LogP contribution >= 0.6 is 11.3 Å². The van der Waals surface area contributed by atoms with Crippen LogP contribution in [0.4, 0.5) is 13.2 Å². The molecule has 130 valence electrons. The van der Waals surface area contributed by atoms with Crippen molar-refractivity contribution >= 4 is 17.2 Å². The van der Waals surface area contributed by atoms with E-state index in [1.165, 1.54) is 12.1 Å². The van der Waals surface area contributed by atoms with Gasteiger partial charge in [-0.25, -0.2) is 0 Å². The van der Waals surface area contributed by atoms with E-state index in [1.54, 1.807) is 11.3 Å². The predicted octanol–water partition coefficient (Wildman–Crippen LogP) is 4.88. The van der Waals surface area contributed by atoms with Gasteiger partial charge in [0.05, 0.1) is 11.5 Å². The molecule has 0 saturated heterocycles. The highest BCUT2D eigenvalue weighted by atomic mass is 32.1. The Labute approximate surface area is 143 Å². The molecule has 2 aromatic rings. The zero-order valence-electron chi connectivity index (χ0n) is 13.8. The summed E-state index contributed by atoms with van der Waals surface area (Å²) in [6, 6.07) is 8.73. The molecule has 1 amide bonds. The van der Waals surface area contributed by atoms with Crippen molar-refractivity contribution < 1.29 is 18.0 Å². The second-order valence-electron chi connectivity index (χ2n) is 6.80. The van der Waals surface area contributed by atoms with Crippen molar-refractivity contribution in [2.45, 2.75) is 44.7 Å². The highest BCUT2D eigenvalue weighted by Gasteiger charge is 2.31. The summed E-state index contributed by atoms with van der Waals surface area (Å²) in [5, 5.41) is 0. The van der Waals surface area contributed by atoms with Gasteiger partial charge in [0.1, 0.15) is 0 Å². The maximum absolute atomic E-state index is 12.9. The van der Waals surface area contributed by atoms with E-state index in [-0.39, 0.29) is 5.41 Å². The van der Waals surface area contributed by atoms with Gasteiger partial charge in [0, 0.05) is 9.75 Å². The van der Waals surface area contributed by atoms with Gasteiger partial charge in [-0.1, -0.05) is 39.0 Å². The lowest BCUT2D eigenvalue weighted by Crippen LogP contribution is -2.23. The van der Waals surface area contributed by atoms with Gasteiger partial charge in [-0.2, -0.15) is 13.2 Å². The quantitative estimate of drug-likeness (QED) is 0.835. The van der Waals surface area contributed by atoms with Crippen molar-refractivity contribution in [2.24, 2.45) is 5.73 Å². The monoisotopic (exact) mass is 355 g/mol. The molecule has 0 aliphatic rings. The molecule has 0 radical (unpaired) electrons. The summed E-state index contributed by atoms with van der Waals surface area (Å²) in [5.41, 5.74) is 4.96. The Morgan fingerprint density at radius 1 is 1.17 bits per heavy atom. The summed E-state index contributed by atoms with van der Waals surface area (Å²) in [6.07, 6.45) is -4.14. The van der Waals surface area contributed by atoms with E-state index < -0.39 is 23.6 Å². The molecule has 2 N–H and O–H groups in total. The third-order valence-electron chi connectivity index (χ3n) is 3.77. The number of nitrogens with two attached hydrogens (primary N) is 1. The first kappa shape index (κ1) is 18.5. The van der Waals surface area contributed by atoms with Crippen molar-refractivity contribution in [2.75, 3.05) is 0 Å². The van der Waals surface area contributed by atoms with Crippen molar-refractivity contribution in [1.29, 1.82) is 0 Å². The minimum absolute atomic E-state index is 0.0126. The van der Waals surface area contributed by atoms with E-state index >= 15 is 0 Å². The molecule has 0 fully saturated rings. The van der Waals surface area contributed by atoms with Gasteiger partial charge >= 0.3 is 6.18 Å². The Bertz CT molecular complexity index is 728. The topological polar surface area (TPSA) is 43.1 Å². The predicted molar refractivity (Wildman–Crippen MR) is 90.1 cm³/mol. The molecule has 0 aliphatic carbocycles. The first-order valence-corrected chi connectivity index (χ1v) is 8.36. The first-order valence-electron chi connectivity index (χ1n) is 7.54. The lowest BCUT2D eigenvalue weighted by Gasteiger charge is -2.16. The number of alkyl halides is 3. The summed E-state index contributed by atoms with van der Waals surface area (Å²) < 4.78 is 38.6. The van der Waals surface area contributed by atoms with Crippen LogP contribution < -0.4 is 5.73 Å². The Hall–Kier alpha value is -1.82. The Morgan fingerprint density at radius 3 is 2.33 bits per heavy atom. The van der Waals surface area contributed by atoms with Gasteiger partial charge < -0.3 is 5.73 Å². The third-order valence-corrected chi connectivity index (χ3v) is 5.30. The Balaban J connectivity index is 2.31. The number of hydrogen-bond acceptors (Lipinski definition) is 2. The minimum Gasteiger partial charge on any atom is -0.369 e. The molecule has 6 heteroatoms. The van der Waals surface area contributed by atoms with Gasteiger partial charge in [0.2, 0.25) is 5.91 Å². The lowest BCUT2D eigenvalue weighted by molar-refractivity contribution is -0.137. The van der Waals surface area contributed by atoms with Crippen LogP contribution in [-0.4, -0.2) is 5.91 Å². The number of hydrogen-bond donors (Lipinski definition) is 1. The molecule has 0 aliphatic heterocycles. The second-order valence-corrected chi connectivity index (χ2v) is 7.97. The highest BCUT2D eigenvalue weighted by Crippen LogP contribution is 2.34. The van der Waals surface area contributed by atoms with Crippen LogP contribution in [0.2, 0.25) is 0 Å². The summed E-state index contributed by atoms with van der Waals surface area (Å²) >= 11 is 1.56. The molecule has 2 rings (SSSR count). The van der Waals surface area contributed by atoms with Crippen molar-refractivity contribution in [3.8, 4) is 0 Å². The van der Waals surface area contributed by atoms with Gasteiger partial charge in [0.25, 0.3) is 0 Å². The SMILES string of the molecule is CC(C)(C)c1ccc(CC(C(N)=O)c2cccc(C(F)(F)F)c2)s1. The summed E-state index contributed by atoms with van der Waals surface area (Å²) in [4.78, 5) is 13.9. The van der Waals surface area contributed by atoms with Crippen molar-refractivity contribution in [1.82, 2.24) is 0 Å². The normalized spacial score (nSPS) is 13.8. The number of thiophene rings is 1. The number of halogens is 3. The van der Waals surface area contributed by atoms with Crippen molar-refractivity contribution in [3.63, 3.8) is 0 Å². The average Bonchev–Trinajstić information content (AvgIpc) is 2.92. The van der Waals surface area contributed by atoms with E-state index in [0.29, 0.717) is 12.0 Å². The van der Waals surface area contributed by atoms with E-state index in [1.807, 2.05) is 12.1 Å². The lowest BCUT2D eigenvalue weighted by atomic mass is 9.92. The van der Waals surface area contributed by atoms with Gasteiger partial charge in [-0.05, 0) is 35.6 Å². The molecule has 0 saturated carbocycles. The molecule has 1 unspecified atom stereocenters. The fraction of sp³-hybridized carbons (Fsp3) is 0.389. The standard InChI is InChI=1S/C18H20F3NOS/c1-17(2,3)15-8-7-13(24-15)10-14(16(22)23)11-5-4-6-12(9-11)18(19,20)21/h4-9,14H,10H2,1-3H3,(H2,22,23). The van der Waals surface area contributed by atoms with Crippen molar-refractivity contribution in [3.05, 3.63) is 57.3 Å². The number of carbonyl (C=O) groups is 1. The fourth-order valence-corrected chi connectivity index (χ4v) is 3.52. The summed E-state index contributed by atoms with van der Waals surface area (Å²) in [7, 11) is 0. The molecule has 1 heterocycles. The van der Waals surface area contributed by atoms with Gasteiger partial charge in [-0.3, -0.25) is 4.79 Å². The summed E-state index contributed by atoms with van der Waals surface area (Å²) in [5.74, 6) is -1.40. The molecular formula is C18H20F3NOS. The zero-order valence-corrected chi connectivity index (χ0v) is 14.6. The number of rotatable bonds is 4. The van der Waals surface area contributed by atoms with E-state index in [0.717, 1.165) is 21.9 Å². The molecular weight excluding hydrogens is 335 g/mol. The summed E-state index contributed by atoms with van der Waals surface area (Å²) in [6.45, 7) is 6.25. The number of primary amides is 1. The third kappa shape index (κ3) is 4.38. The second kappa shape index (κ2) is 6.59. The molecule has 1 aromatic carbocycles. The number of amides is 1. The van der Waals surface area contributed by atoms with Gasteiger partial charge in [-0.15, -0.1) is 11.3 Å². The zero-order chi connectivity index (χ0) is 18.1. The maximum atomic E-state index is 12.9. The minimum atomic E-state index is -4.44. The van der Waals surface area contributed by atoms with Gasteiger partial charge in [0.15, 0.2) is 0 Å².